The van der Waals surface area contributed by atoms with Gasteiger partial charge in [0.05, 0.1) is 13.1 Å². The molecule has 1 aromatic rings. The molecule has 1 aromatic heterocycles. The van der Waals surface area contributed by atoms with Crippen molar-refractivity contribution in [2.75, 3.05) is 26.7 Å². The maximum atomic E-state index is 12.1. The first-order valence-corrected chi connectivity index (χ1v) is 9.07. The maximum absolute atomic E-state index is 12.1. The molecule has 1 saturated heterocycles. The highest BCUT2D eigenvalue weighted by atomic mass is 32.1. The van der Waals surface area contributed by atoms with Crippen molar-refractivity contribution in [2.45, 2.75) is 52.2 Å². The summed E-state index contributed by atoms with van der Waals surface area (Å²) in [4.78, 5) is 19.4. The molecule has 0 unspecified atom stereocenters. The van der Waals surface area contributed by atoms with E-state index >= 15 is 0 Å². The van der Waals surface area contributed by atoms with Crippen molar-refractivity contribution in [1.29, 1.82) is 0 Å². The zero-order chi connectivity index (χ0) is 16.1. The van der Waals surface area contributed by atoms with Crippen LogP contribution in [0.15, 0.2) is 12.1 Å². The number of likely N-dealkylation sites (N-methyl/N-ethyl adjacent to an activating group) is 1. The lowest BCUT2D eigenvalue weighted by atomic mass is 9.97. The minimum absolute atomic E-state index is 0.124. The minimum atomic E-state index is 0.124. The monoisotopic (exact) mass is 323 g/mol. The van der Waals surface area contributed by atoms with E-state index in [0.29, 0.717) is 25.2 Å². The number of likely N-dealkylation sites (tertiary alicyclic amines) is 1. The summed E-state index contributed by atoms with van der Waals surface area (Å²) in [6.07, 6.45) is 2.31. The number of piperidine rings is 1. The quantitative estimate of drug-likeness (QED) is 0.873. The summed E-state index contributed by atoms with van der Waals surface area (Å²) in [5, 5.41) is 3.03. The Labute approximate surface area is 138 Å². The lowest BCUT2D eigenvalue weighted by Crippen LogP contribution is -2.49. The summed E-state index contributed by atoms with van der Waals surface area (Å²) in [5.41, 5.74) is 0. The van der Waals surface area contributed by atoms with E-state index in [2.05, 4.69) is 55.1 Å². The van der Waals surface area contributed by atoms with Crippen LogP contribution in [0.2, 0.25) is 0 Å². The van der Waals surface area contributed by atoms with E-state index in [0.717, 1.165) is 25.9 Å². The highest BCUT2D eigenvalue weighted by molar-refractivity contribution is 7.11. The smallest absolute Gasteiger partial charge is 0.234 e. The Bertz CT molecular complexity index is 488. The minimum Gasteiger partial charge on any atom is -0.350 e. The summed E-state index contributed by atoms with van der Waals surface area (Å²) in [5.74, 6) is 0.124. The van der Waals surface area contributed by atoms with Crippen molar-refractivity contribution in [3.63, 3.8) is 0 Å². The highest BCUT2D eigenvalue weighted by Gasteiger charge is 2.27. The molecule has 0 radical (unpaired) electrons. The molecule has 0 saturated carbocycles. The average Bonchev–Trinajstić information content (AvgIpc) is 2.90. The molecule has 0 aromatic carbocycles. The Kier molecular flexibility index (Phi) is 6.41. The lowest BCUT2D eigenvalue weighted by molar-refractivity contribution is -0.122. The third-order valence-electron chi connectivity index (χ3n) is 4.66. The Morgan fingerprint density at radius 2 is 2.27 bits per heavy atom. The third-order valence-corrected chi connectivity index (χ3v) is 5.67. The fourth-order valence-electron chi connectivity index (χ4n) is 3.24. The molecule has 124 valence electrons. The lowest BCUT2D eigenvalue weighted by Gasteiger charge is -2.40. The molecule has 0 spiro atoms. The normalized spacial score (nSPS) is 23.0. The molecule has 4 nitrogen and oxygen atoms in total. The van der Waals surface area contributed by atoms with Gasteiger partial charge in [-0.1, -0.05) is 6.92 Å². The predicted octanol–water partition coefficient (Wildman–Crippen LogP) is 2.48. The third kappa shape index (κ3) is 4.80. The van der Waals surface area contributed by atoms with E-state index in [1.807, 2.05) is 0 Å². The van der Waals surface area contributed by atoms with Crippen molar-refractivity contribution in [2.24, 2.45) is 0 Å². The van der Waals surface area contributed by atoms with Crippen LogP contribution in [0.4, 0.5) is 0 Å². The van der Waals surface area contributed by atoms with Crippen LogP contribution in [0.1, 0.15) is 36.4 Å². The zero-order valence-corrected chi connectivity index (χ0v) is 15.1. The number of carbonyl (C=O) groups excluding carboxylic acids is 1. The van der Waals surface area contributed by atoms with Crippen LogP contribution >= 0.6 is 11.3 Å². The molecule has 2 atom stereocenters. The largest absolute Gasteiger partial charge is 0.350 e. The zero-order valence-electron chi connectivity index (χ0n) is 14.3. The Balaban J connectivity index is 1.74. The second kappa shape index (κ2) is 8.09. The van der Waals surface area contributed by atoms with Crippen LogP contribution in [0.5, 0.6) is 0 Å². The van der Waals surface area contributed by atoms with E-state index in [1.54, 1.807) is 11.3 Å². The van der Waals surface area contributed by atoms with Crippen LogP contribution in [0.3, 0.4) is 0 Å². The number of rotatable bonds is 6. The molecule has 1 N–H and O–H groups in total. The molecular weight excluding hydrogens is 294 g/mol. The average molecular weight is 324 g/mol. The number of nitrogens with one attached hydrogen (secondary N) is 1. The van der Waals surface area contributed by atoms with Gasteiger partial charge in [0.15, 0.2) is 0 Å². The fourth-order valence-corrected chi connectivity index (χ4v) is 4.07. The van der Waals surface area contributed by atoms with Gasteiger partial charge in [0.1, 0.15) is 0 Å². The number of aryl methyl sites for hydroxylation is 1. The van der Waals surface area contributed by atoms with Crippen LogP contribution in [-0.4, -0.2) is 54.5 Å². The molecule has 1 aliphatic heterocycles. The second-order valence-electron chi connectivity index (χ2n) is 6.36. The molecule has 1 aliphatic rings. The van der Waals surface area contributed by atoms with Crippen LogP contribution in [-0.2, 0) is 11.3 Å². The van der Waals surface area contributed by atoms with Gasteiger partial charge in [0, 0.05) is 21.8 Å². The van der Waals surface area contributed by atoms with Gasteiger partial charge < -0.3 is 10.2 Å². The number of hydrogen-bond donors (Lipinski definition) is 1. The molecule has 2 rings (SSSR count). The topological polar surface area (TPSA) is 35.6 Å². The van der Waals surface area contributed by atoms with Crippen LogP contribution < -0.4 is 5.32 Å². The highest BCUT2D eigenvalue weighted by Crippen LogP contribution is 2.20. The molecule has 5 heteroatoms. The van der Waals surface area contributed by atoms with Crippen molar-refractivity contribution >= 4 is 17.2 Å². The van der Waals surface area contributed by atoms with Gasteiger partial charge in [-0.25, -0.2) is 0 Å². The summed E-state index contributed by atoms with van der Waals surface area (Å²) in [6.45, 7) is 10.0. The molecule has 0 aliphatic carbocycles. The Morgan fingerprint density at radius 3 is 2.86 bits per heavy atom. The Morgan fingerprint density at radius 1 is 1.50 bits per heavy atom. The number of thiophene rings is 1. The van der Waals surface area contributed by atoms with Gasteiger partial charge in [-0.05, 0) is 59.0 Å². The maximum Gasteiger partial charge on any atom is 0.234 e. The van der Waals surface area contributed by atoms with Crippen LogP contribution in [0, 0.1) is 6.92 Å². The van der Waals surface area contributed by atoms with E-state index in [4.69, 9.17) is 0 Å². The van der Waals surface area contributed by atoms with E-state index < -0.39 is 0 Å². The van der Waals surface area contributed by atoms with Crippen LogP contribution in [0.25, 0.3) is 0 Å². The molecule has 1 fully saturated rings. The molecule has 2 heterocycles. The number of carbonyl (C=O) groups is 1. The standard InChI is InChI=1S/C17H29N3OS/c1-5-20-9-8-15(10-13(20)2)19(4)12-17(21)18-11-16-7-6-14(3)22-16/h6-7,13,15H,5,8-12H2,1-4H3,(H,18,21)/t13-,15+/m0/s1. The van der Waals surface area contributed by atoms with Gasteiger partial charge in [-0.15, -0.1) is 11.3 Å². The fraction of sp³-hybridized carbons (Fsp3) is 0.706. The summed E-state index contributed by atoms with van der Waals surface area (Å²) >= 11 is 1.75. The number of hydrogen-bond acceptors (Lipinski definition) is 4. The van der Waals surface area contributed by atoms with Crippen molar-refractivity contribution in [1.82, 2.24) is 15.1 Å². The number of amides is 1. The van der Waals surface area contributed by atoms with Gasteiger partial charge in [-0.3, -0.25) is 9.69 Å². The predicted molar refractivity (Wildman–Crippen MR) is 93.3 cm³/mol. The number of nitrogens with zero attached hydrogens (tertiary/aromatic N) is 2. The summed E-state index contributed by atoms with van der Waals surface area (Å²) in [7, 11) is 2.08. The van der Waals surface area contributed by atoms with Gasteiger partial charge >= 0.3 is 0 Å². The summed E-state index contributed by atoms with van der Waals surface area (Å²) in [6, 6.07) is 5.32. The first-order valence-electron chi connectivity index (χ1n) is 8.26. The molecular formula is C17H29N3OS. The van der Waals surface area contributed by atoms with Crippen molar-refractivity contribution < 1.29 is 4.79 Å². The van der Waals surface area contributed by atoms with E-state index in [-0.39, 0.29) is 5.91 Å². The van der Waals surface area contributed by atoms with E-state index in [9.17, 15) is 4.79 Å². The van der Waals surface area contributed by atoms with Crippen molar-refractivity contribution in [3.8, 4) is 0 Å². The summed E-state index contributed by atoms with van der Waals surface area (Å²) < 4.78 is 0. The van der Waals surface area contributed by atoms with E-state index in [1.165, 1.54) is 9.75 Å². The molecule has 0 bridgehead atoms. The second-order valence-corrected chi connectivity index (χ2v) is 7.73. The first kappa shape index (κ1) is 17.4. The first-order chi connectivity index (χ1) is 10.5. The van der Waals surface area contributed by atoms with Gasteiger partial charge in [0.25, 0.3) is 0 Å². The molecule has 22 heavy (non-hydrogen) atoms. The van der Waals surface area contributed by atoms with Gasteiger partial charge in [-0.2, -0.15) is 0 Å². The Hall–Kier alpha value is -0.910. The van der Waals surface area contributed by atoms with Crippen molar-refractivity contribution in [3.05, 3.63) is 21.9 Å². The SMILES string of the molecule is CCN1CC[C@@H](N(C)CC(=O)NCc2ccc(C)s2)C[C@@H]1C. The molecule has 1 amide bonds. The van der Waals surface area contributed by atoms with Gasteiger partial charge in [0.2, 0.25) is 5.91 Å².